The highest BCUT2D eigenvalue weighted by Crippen LogP contribution is 2.25. The Morgan fingerprint density at radius 3 is 2.48 bits per heavy atom. The van der Waals surface area contributed by atoms with Gasteiger partial charge < -0.3 is 14.8 Å². The first-order valence-electron chi connectivity index (χ1n) is 7.44. The molecule has 6 nitrogen and oxygen atoms in total. The zero-order chi connectivity index (χ0) is 17.8. The fourth-order valence-corrected chi connectivity index (χ4v) is 2.46. The summed E-state index contributed by atoms with van der Waals surface area (Å²) < 4.78 is 12.1. The lowest BCUT2D eigenvalue weighted by Gasteiger charge is -2.11. The smallest absolute Gasteiger partial charge is 0.259 e. The Bertz CT molecular complexity index is 891. The first-order valence-corrected chi connectivity index (χ1v) is 7.82. The average molecular weight is 358 g/mol. The lowest BCUT2D eigenvalue weighted by Crippen LogP contribution is -2.13. The molecule has 0 radical (unpaired) electrons. The molecule has 2 aromatic carbocycles. The minimum atomic E-state index is -0.269. The van der Waals surface area contributed by atoms with Gasteiger partial charge in [-0.1, -0.05) is 11.6 Å². The lowest BCUT2D eigenvalue weighted by atomic mass is 10.1. The summed E-state index contributed by atoms with van der Waals surface area (Å²) in [5.74, 6) is 0.796. The molecule has 0 bridgehead atoms. The van der Waals surface area contributed by atoms with E-state index in [2.05, 4.69) is 10.4 Å². The van der Waals surface area contributed by atoms with Gasteiger partial charge in [-0.25, -0.2) is 4.68 Å². The summed E-state index contributed by atoms with van der Waals surface area (Å²) in [6, 6.07) is 12.3. The number of ether oxygens (including phenoxy) is 2. The number of nitrogens with zero attached hydrogens (tertiary/aromatic N) is 2. The molecule has 1 amide bonds. The standard InChI is InChI=1S/C18H16ClN3O3/c1-24-15-7-8-16(17(9-15)25-2)18(23)21-13-3-5-14(6-4-13)22-11-12(19)10-20-22/h3-11H,1-2H3,(H,21,23). The number of carbonyl (C=O) groups excluding carboxylic acids is 1. The van der Waals surface area contributed by atoms with Crippen LogP contribution in [-0.2, 0) is 0 Å². The Morgan fingerprint density at radius 1 is 1.12 bits per heavy atom. The minimum absolute atomic E-state index is 0.269. The second-order valence-electron chi connectivity index (χ2n) is 5.17. The quantitative estimate of drug-likeness (QED) is 0.754. The normalized spacial score (nSPS) is 10.4. The van der Waals surface area contributed by atoms with Crippen LogP contribution in [0.3, 0.4) is 0 Å². The van der Waals surface area contributed by atoms with Crippen molar-refractivity contribution in [3.63, 3.8) is 0 Å². The molecule has 0 aliphatic carbocycles. The molecule has 3 rings (SSSR count). The molecule has 0 aliphatic rings. The average Bonchev–Trinajstić information content (AvgIpc) is 3.08. The number of hydrogen-bond donors (Lipinski definition) is 1. The van der Waals surface area contributed by atoms with E-state index in [1.165, 1.54) is 7.11 Å². The maximum atomic E-state index is 12.5. The van der Waals surface area contributed by atoms with Crippen molar-refractivity contribution in [2.24, 2.45) is 0 Å². The van der Waals surface area contributed by atoms with Crippen molar-refractivity contribution in [1.29, 1.82) is 0 Å². The molecule has 0 spiro atoms. The first-order chi connectivity index (χ1) is 12.1. The van der Waals surface area contributed by atoms with Gasteiger partial charge in [0.1, 0.15) is 11.5 Å². The van der Waals surface area contributed by atoms with Crippen molar-refractivity contribution in [3.05, 3.63) is 65.4 Å². The van der Waals surface area contributed by atoms with E-state index in [4.69, 9.17) is 21.1 Å². The number of amides is 1. The highest BCUT2D eigenvalue weighted by Gasteiger charge is 2.13. The number of hydrogen-bond acceptors (Lipinski definition) is 4. The zero-order valence-electron chi connectivity index (χ0n) is 13.7. The number of benzene rings is 2. The van der Waals surface area contributed by atoms with Gasteiger partial charge >= 0.3 is 0 Å². The number of carbonyl (C=O) groups is 1. The van der Waals surface area contributed by atoms with Gasteiger partial charge in [-0.2, -0.15) is 5.10 Å². The van der Waals surface area contributed by atoms with Crippen LogP contribution in [0, 0.1) is 0 Å². The van der Waals surface area contributed by atoms with Crippen molar-refractivity contribution in [2.75, 3.05) is 19.5 Å². The molecule has 128 valence electrons. The maximum absolute atomic E-state index is 12.5. The highest BCUT2D eigenvalue weighted by molar-refractivity contribution is 6.30. The number of nitrogens with one attached hydrogen (secondary N) is 1. The first kappa shape index (κ1) is 16.9. The Hall–Kier alpha value is -2.99. The predicted molar refractivity (Wildman–Crippen MR) is 96.1 cm³/mol. The van der Waals surface area contributed by atoms with Crippen LogP contribution >= 0.6 is 11.6 Å². The molecule has 0 atom stereocenters. The van der Waals surface area contributed by atoms with E-state index in [1.807, 2.05) is 12.1 Å². The molecular formula is C18H16ClN3O3. The van der Waals surface area contributed by atoms with E-state index in [0.717, 1.165) is 5.69 Å². The minimum Gasteiger partial charge on any atom is -0.497 e. The second kappa shape index (κ2) is 7.27. The van der Waals surface area contributed by atoms with Crippen LogP contribution in [0.15, 0.2) is 54.9 Å². The lowest BCUT2D eigenvalue weighted by molar-refractivity contribution is 0.102. The van der Waals surface area contributed by atoms with Gasteiger partial charge in [0.25, 0.3) is 5.91 Å². The van der Waals surface area contributed by atoms with E-state index in [9.17, 15) is 4.79 Å². The largest absolute Gasteiger partial charge is 0.497 e. The second-order valence-corrected chi connectivity index (χ2v) is 5.61. The summed E-state index contributed by atoms with van der Waals surface area (Å²) >= 11 is 5.87. The van der Waals surface area contributed by atoms with E-state index in [1.54, 1.807) is 54.5 Å². The molecule has 0 unspecified atom stereocenters. The van der Waals surface area contributed by atoms with Crippen LogP contribution in [0.4, 0.5) is 5.69 Å². The maximum Gasteiger partial charge on any atom is 0.259 e. The Kier molecular flexibility index (Phi) is 4.90. The molecule has 0 aliphatic heterocycles. The predicted octanol–water partition coefficient (Wildman–Crippen LogP) is 3.80. The highest BCUT2D eigenvalue weighted by atomic mass is 35.5. The molecule has 0 saturated carbocycles. The Morgan fingerprint density at radius 2 is 1.88 bits per heavy atom. The van der Waals surface area contributed by atoms with Crippen LogP contribution in [0.5, 0.6) is 11.5 Å². The van der Waals surface area contributed by atoms with Crippen LogP contribution in [0.2, 0.25) is 5.02 Å². The van der Waals surface area contributed by atoms with Gasteiger partial charge in [-0.15, -0.1) is 0 Å². The summed E-state index contributed by atoms with van der Waals surface area (Å²) in [5.41, 5.74) is 1.92. The molecule has 0 fully saturated rings. The van der Waals surface area contributed by atoms with E-state index in [-0.39, 0.29) is 5.91 Å². The van der Waals surface area contributed by atoms with Gasteiger partial charge in [0.2, 0.25) is 0 Å². The topological polar surface area (TPSA) is 65.4 Å². The number of anilines is 1. The van der Waals surface area contributed by atoms with Crippen LogP contribution in [0.25, 0.3) is 5.69 Å². The van der Waals surface area contributed by atoms with E-state index >= 15 is 0 Å². The third kappa shape index (κ3) is 3.75. The summed E-state index contributed by atoms with van der Waals surface area (Å²) in [7, 11) is 3.07. The van der Waals surface area contributed by atoms with Crippen molar-refractivity contribution in [1.82, 2.24) is 9.78 Å². The number of rotatable bonds is 5. The fraction of sp³-hybridized carbons (Fsp3) is 0.111. The fourth-order valence-electron chi connectivity index (χ4n) is 2.32. The molecule has 7 heteroatoms. The number of halogens is 1. The molecule has 1 aromatic heterocycles. The van der Waals surface area contributed by atoms with Gasteiger partial charge in [-0.05, 0) is 36.4 Å². The number of aromatic nitrogens is 2. The van der Waals surface area contributed by atoms with Crippen LogP contribution in [0.1, 0.15) is 10.4 Å². The van der Waals surface area contributed by atoms with Gasteiger partial charge in [0.05, 0.1) is 36.7 Å². The van der Waals surface area contributed by atoms with Crippen molar-refractivity contribution >= 4 is 23.2 Å². The summed E-state index contributed by atoms with van der Waals surface area (Å²) in [6.07, 6.45) is 3.27. The molecular weight excluding hydrogens is 342 g/mol. The molecule has 1 heterocycles. The van der Waals surface area contributed by atoms with Gasteiger partial charge in [0.15, 0.2) is 0 Å². The Labute approximate surface area is 149 Å². The molecule has 25 heavy (non-hydrogen) atoms. The zero-order valence-corrected chi connectivity index (χ0v) is 14.4. The van der Waals surface area contributed by atoms with Gasteiger partial charge in [0, 0.05) is 18.0 Å². The van der Waals surface area contributed by atoms with Gasteiger partial charge in [-0.3, -0.25) is 4.79 Å². The molecule has 0 saturated heterocycles. The van der Waals surface area contributed by atoms with Crippen LogP contribution < -0.4 is 14.8 Å². The Balaban J connectivity index is 1.77. The van der Waals surface area contributed by atoms with Crippen molar-refractivity contribution < 1.29 is 14.3 Å². The summed E-state index contributed by atoms with van der Waals surface area (Å²) in [5, 5.41) is 7.53. The van der Waals surface area contributed by atoms with E-state index in [0.29, 0.717) is 27.8 Å². The molecule has 1 N–H and O–H groups in total. The summed E-state index contributed by atoms with van der Waals surface area (Å²) in [4.78, 5) is 12.5. The third-order valence-corrected chi connectivity index (χ3v) is 3.79. The van der Waals surface area contributed by atoms with E-state index < -0.39 is 0 Å². The third-order valence-electron chi connectivity index (χ3n) is 3.59. The van der Waals surface area contributed by atoms with Crippen molar-refractivity contribution in [3.8, 4) is 17.2 Å². The SMILES string of the molecule is COc1ccc(C(=O)Nc2ccc(-n3cc(Cl)cn3)cc2)c(OC)c1. The van der Waals surface area contributed by atoms with Crippen molar-refractivity contribution in [2.45, 2.75) is 0 Å². The number of methoxy groups -OCH3 is 2. The summed E-state index contributed by atoms with van der Waals surface area (Å²) in [6.45, 7) is 0. The monoisotopic (exact) mass is 357 g/mol. The van der Waals surface area contributed by atoms with Crippen LogP contribution in [-0.4, -0.2) is 29.9 Å². The molecule has 3 aromatic rings.